The lowest BCUT2D eigenvalue weighted by atomic mass is 9.67. The Kier molecular flexibility index (Phi) is 10.3. The summed E-state index contributed by atoms with van der Waals surface area (Å²) in [6.45, 7) is 5.23. The van der Waals surface area contributed by atoms with E-state index in [1.165, 1.54) is 55.2 Å². The van der Waals surface area contributed by atoms with Crippen LogP contribution in [0, 0.1) is 16.7 Å². The van der Waals surface area contributed by atoms with Gasteiger partial charge in [-0.05, 0) is 73.3 Å². The molecule has 2 aromatic rings. The molecule has 0 amide bonds. The van der Waals surface area contributed by atoms with Crippen LogP contribution in [0.15, 0.2) is 48.5 Å². The first kappa shape index (κ1) is 25.4. The molecule has 3 rings (SSSR count). The van der Waals surface area contributed by atoms with Gasteiger partial charge in [0.05, 0.1) is 18.1 Å². The van der Waals surface area contributed by atoms with E-state index in [2.05, 4.69) is 68.4 Å². The molecule has 33 heavy (non-hydrogen) atoms. The van der Waals surface area contributed by atoms with Gasteiger partial charge < -0.3 is 4.74 Å². The maximum absolute atomic E-state index is 9.92. The number of nitriles is 1. The van der Waals surface area contributed by atoms with Crippen molar-refractivity contribution in [3.05, 3.63) is 54.1 Å². The number of nitrogens with zero attached hydrogens (tertiary/aromatic N) is 1. The number of hydrogen-bond acceptors (Lipinski definition) is 2. The Labute approximate surface area is 202 Å². The van der Waals surface area contributed by atoms with E-state index >= 15 is 0 Å². The lowest BCUT2D eigenvalue weighted by Crippen LogP contribution is -2.25. The summed E-state index contributed by atoms with van der Waals surface area (Å²) in [5, 5.41) is 9.92. The highest BCUT2D eigenvalue weighted by Crippen LogP contribution is 2.46. The van der Waals surface area contributed by atoms with Gasteiger partial charge >= 0.3 is 0 Å². The zero-order chi connectivity index (χ0) is 23.4. The van der Waals surface area contributed by atoms with E-state index in [1.54, 1.807) is 0 Å². The predicted molar refractivity (Wildman–Crippen MR) is 140 cm³/mol. The minimum atomic E-state index is -0.0673. The maximum Gasteiger partial charge on any atom is 0.119 e. The summed E-state index contributed by atoms with van der Waals surface area (Å²) >= 11 is 0. The first-order chi connectivity index (χ1) is 16.2. The molecular formula is C31H43NO. The van der Waals surface area contributed by atoms with Crippen molar-refractivity contribution < 1.29 is 4.74 Å². The second-order valence-corrected chi connectivity index (χ2v) is 10.0. The highest BCUT2D eigenvalue weighted by molar-refractivity contribution is 5.64. The van der Waals surface area contributed by atoms with E-state index in [9.17, 15) is 5.26 Å². The Morgan fingerprint density at radius 1 is 0.788 bits per heavy atom. The molecule has 1 saturated carbocycles. The molecule has 2 heteroatoms. The van der Waals surface area contributed by atoms with Crippen molar-refractivity contribution in [3.8, 4) is 22.9 Å². The highest BCUT2D eigenvalue weighted by Gasteiger charge is 2.35. The first-order valence-corrected chi connectivity index (χ1v) is 13.4. The SMILES string of the molecule is CCCCCCCC[C@]1(C#N)CC[C@H](c2ccc(-c3ccc(OCCCC)cc3)cc2)CC1. The first-order valence-electron chi connectivity index (χ1n) is 13.4. The smallest absolute Gasteiger partial charge is 0.119 e. The molecule has 1 fully saturated rings. The zero-order valence-corrected chi connectivity index (χ0v) is 21.0. The number of benzene rings is 2. The predicted octanol–water partition coefficient (Wildman–Crippen LogP) is 9.45. The van der Waals surface area contributed by atoms with Gasteiger partial charge in [0.25, 0.3) is 0 Å². The molecule has 0 aliphatic heterocycles. The average molecular weight is 446 g/mol. The standard InChI is InChI=1S/C31H43NO/c1-3-5-7-8-9-10-21-31(25-32)22-19-29(20-23-31)27-13-11-26(12-14-27)28-15-17-30(18-16-28)33-24-6-4-2/h11-18,29H,3-10,19-24H2,1-2H3/t29-,31-. The Balaban J connectivity index is 1.49. The van der Waals surface area contributed by atoms with Crippen LogP contribution in [0.4, 0.5) is 0 Å². The molecule has 2 aromatic carbocycles. The van der Waals surface area contributed by atoms with Gasteiger partial charge in [0.1, 0.15) is 5.75 Å². The molecule has 0 aromatic heterocycles. The monoisotopic (exact) mass is 445 g/mol. The van der Waals surface area contributed by atoms with Gasteiger partial charge in [-0.15, -0.1) is 0 Å². The van der Waals surface area contributed by atoms with Gasteiger partial charge in [-0.1, -0.05) is 95.2 Å². The molecule has 0 saturated heterocycles. The van der Waals surface area contributed by atoms with Crippen LogP contribution < -0.4 is 4.74 Å². The molecule has 0 heterocycles. The van der Waals surface area contributed by atoms with Crippen LogP contribution in [0.1, 0.15) is 109 Å². The molecular weight excluding hydrogens is 402 g/mol. The van der Waals surface area contributed by atoms with E-state index in [0.717, 1.165) is 57.3 Å². The molecule has 1 aliphatic carbocycles. The van der Waals surface area contributed by atoms with Crippen molar-refractivity contribution in [3.63, 3.8) is 0 Å². The van der Waals surface area contributed by atoms with Gasteiger partial charge in [0, 0.05) is 0 Å². The lowest BCUT2D eigenvalue weighted by molar-refractivity contribution is 0.223. The van der Waals surface area contributed by atoms with Gasteiger partial charge in [-0.3, -0.25) is 0 Å². The average Bonchev–Trinajstić information content (AvgIpc) is 2.87. The van der Waals surface area contributed by atoms with Crippen LogP contribution in [0.3, 0.4) is 0 Å². The quantitative estimate of drug-likeness (QED) is 0.288. The number of hydrogen-bond donors (Lipinski definition) is 0. The molecule has 178 valence electrons. The fourth-order valence-corrected chi connectivity index (χ4v) is 5.19. The van der Waals surface area contributed by atoms with Crippen molar-refractivity contribution >= 4 is 0 Å². The zero-order valence-electron chi connectivity index (χ0n) is 21.0. The molecule has 0 bridgehead atoms. The number of ether oxygens (including phenoxy) is 1. The normalized spacial score (nSPS) is 20.3. The summed E-state index contributed by atoms with van der Waals surface area (Å²) in [4.78, 5) is 0. The van der Waals surface area contributed by atoms with Crippen molar-refractivity contribution in [2.24, 2.45) is 5.41 Å². The topological polar surface area (TPSA) is 33.0 Å². The van der Waals surface area contributed by atoms with Crippen molar-refractivity contribution in [1.82, 2.24) is 0 Å². The van der Waals surface area contributed by atoms with E-state index in [4.69, 9.17) is 4.74 Å². The summed E-state index contributed by atoms with van der Waals surface area (Å²) in [7, 11) is 0. The molecule has 0 spiro atoms. The Hall–Kier alpha value is -2.27. The Morgan fingerprint density at radius 3 is 1.97 bits per heavy atom. The van der Waals surface area contributed by atoms with Crippen molar-refractivity contribution in [2.75, 3.05) is 6.61 Å². The largest absolute Gasteiger partial charge is 0.494 e. The van der Waals surface area contributed by atoms with Crippen molar-refractivity contribution in [2.45, 2.75) is 103 Å². The summed E-state index contributed by atoms with van der Waals surface area (Å²) in [6.07, 6.45) is 15.6. The molecule has 1 aliphatic rings. The molecule has 0 N–H and O–H groups in total. The highest BCUT2D eigenvalue weighted by atomic mass is 16.5. The lowest BCUT2D eigenvalue weighted by Gasteiger charge is -2.35. The van der Waals surface area contributed by atoms with E-state index in [-0.39, 0.29) is 5.41 Å². The third kappa shape index (κ3) is 7.63. The molecule has 2 nitrogen and oxygen atoms in total. The van der Waals surface area contributed by atoms with Crippen LogP contribution in [-0.2, 0) is 0 Å². The van der Waals surface area contributed by atoms with E-state index in [0.29, 0.717) is 5.92 Å². The van der Waals surface area contributed by atoms with Gasteiger partial charge in [0.15, 0.2) is 0 Å². The summed E-state index contributed by atoms with van der Waals surface area (Å²) in [5.41, 5.74) is 3.85. The minimum Gasteiger partial charge on any atom is -0.494 e. The van der Waals surface area contributed by atoms with Crippen LogP contribution in [0.2, 0.25) is 0 Å². The second-order valence-electron chi connectivity index (χ2n) is 10.0. The Bertz CT molecular complexity index is 838. The number of rotatable bonds is 13. The number of unbranched alkanes of at least 4 members (excludes halogenated alkanes) is 6. The van der Waals surface area contributed by atoms with Gasteiger partial charge in [0.2, 0.25) is 0 Å². The fraction of sp³-hybridized carbons (Fsp3) is 0.581. The van der Waals surface area contributed by atoms with E-state index < -0.39 is 0 Å². The van der Waals surface area contributed by atoms with E-state index in [1.807, 2.05) is 0 Å². The molecule has 0 radical (unpaired) electrons. The van der Waals surface area contributed by atoms with Gasteiger partial charge in [-0.25, -0.2) is 0 Å². The fourth-order valence-electron chi connectivity index (χ4n) is 5.19. The van der Waals surface area contributed by atoms with Crippen molar-refractivity contribution in [1.29, 1.82) is 5.26 Å². The van der Waals surface area contributed by atoms with Gasteiger partial charge in [-0.2, -0.15) is 5.26 Å². The van der Waals surface area contributed by atoms with Crippen LogP contribution >= 0.6 is 0 Å². The maximum atomic E-state index is 9.92. The second kappa shape index (κ2) is 13.4. The molecule has 0 atom stereocenters. The van der Waals surface area contributed by atoms with Crippen LogP contribution in [0.25, 0.3) is 11.1 Å². The van der Waals surface area contributed by atoms with Crippen LogP contribution in [0.5, 0.6) is 5.75 Å². The summed E-state index contributed by atoms with van der Waals surface area (Å²) in [6, 6.07) is 20.3. The summed E-state index contributed by atoms with van der Waals surface area (Å²) in [5.74, 6) is 1.55. The third-order valence-corrected chi connectivity index (χ3v) is 7.53. The Morgan fingerprint density at radius 2 is 1.36 bits per heavy atom. The summed E-state index contributed by atoms with van der Waals surface area (Å²) < 4.78 is 5.79. The molecule has 0 unspecified atom stereocenters. The van der Waals surface area contributed by atoms with Crippen LogP contribution in [-0.4, -0.2) is 6.61 Å². The third-order valence-electron chi connectivity index (χ3n) is 7.53. The minimum absolute atomic E-state index is 0.0673.